The Kier molecular flexibility index (Phi) is 4.29. The lowest BCUT2D eigenvalue weighted by Crippen LogP contribution is -2.28. The van der Waals surface area contributed by atoms with E-state index in [0.717, 1.165) is 25.7 Å². The summed E-state index contributed by atoms with van der Waals surface area (Å²) in [6.45, 7) is 0.579. The Hall–Kier alpha value is -1.19. The predicted molar refractivity (Wildman–Crippen MR) is 53.1 cm³/mol. The molecule has 14 heavy (non-hydrogen) atoms. The van der Waals surface area contributed by atoms with E-state index in [1.54, 1.807) is 13.4 Å². The number of nitrogens with one attached hydrogen (secondary N) is 1. The molecule has 0 aromatic carbocycles. The lowest BCUT2D eigenvalue weighted by molar-refractivity contribution is 0.191. The smallest absolute Gasteiger partial charge is 0.404 e. The van der Waals surface area contributed by atoms with E-state index in [-0.39, 0.29) is 0 Å². The van der Waals surface area contributed by atoms with E-state index >= 15 is 0 Å². The molecule has 0 saturated heterocycles. The van der Waals surface area contributed by atoms with Crippen LogP contribution in [0.1, 0.15) is 25.7 Å². The van der Waals surface area contributed by atoms with Crippen molar-refractivity contribution in [3.63, 3.8) is 0 Å². The van der Waals surface area contributed by atoms with Crippen LogP contribution in [0, 0.1) is 5.92 Å². The van der Waals surface area contributed by atoms with Crippen molar-refractivity contribution >= 4 is 6.09 Å². The van der Waals surface area contributed by atoms with Crippen molar-refractivity contribution in [2.75, 3.05) is 13.7 Å². The summed E-state index contributed by atoms with van der Waals surface area (Å²) in [6, 6.07) is 0. The number of ether oxygens (including phenoxy) is 1. The second kappa shape index (κ2) is 5.52. The maximum absolute atomic E-state index is 10.3. The summed E-state index contributed by atoms with van der Waals surface area (Å²) in [7, 11) is 1.66. The highest BCUT2D eigenvalue weighted by atomic mass is 16.5. The van der Waals surface area contributed by atoms with Crippen LogP contribution in [0.3, 0.4) is 0 Å². The number of hydrogen-bond acceptors (Lipinski definition) is 2. The summed E-state index contributed by atoms with van der Waals surface area (Å²) in [5, 5.41) is 10.9. The summed E-state index contributed by atoms with van der Waals surface area (Å²) >= 11 is 0. The summed E-state index contributed by atoms with van der Waals surface area (Å²) in [5.74, 6) is 0.486. The lowest BCUT2D eigenvalue weighted by atomic mass is 9.86. The van der Waals surface area contributed by atoms with Gasteiger partial charge in [0, 0.05) is 6.54 Å². The Labute approximate surface area is 83.9 Å². The molecule has 0 radical (unpaired) electrons. The van der Waals surface area contributed by atoms with Crippen molar-refractivity contribution in [2.45, 2.75) is 25.7 Å². The summed E-state index contributed by atoms with van der Waals surface area (Å²) in [4.78, 5) is 10.3. The third-order valence-corrected chi connectivity index (χ3v) is 2.57. The first-order valence-corrected chi connectivity index (χ1v) is 4.90. The molecule has 4 heteroatoms. The van der Waals surface area contributed by atoms with E-state index < -0.39 is 6.09 Å². The number of carboxylic acid groups (broad SMARTS) is 1. The Morgan fingerprint density at radius 2 is 2.29 bits per heavy atom. The molecular formula is C10H17NO3. The van der Waals surface area contributed by atoms with Crippen LogP contribution in [0.2, 0.25) is 0 Å². The molecule has 0 aromatic rings. The Morgan fingerprint density at radius 3 is 2.79 bits per heavy atom. The number of allylic oxidation sites excluding steroid dienone is 1. The van der Waals surface area contributed by atoms with Crippen LogP contribution in [-0.2, 0) is 4.74 Å². The number of rotatable bonds is 3. The third-order valence-electron chi connectivity index (χ3n) is 2.57. The van der Waals surface area contributed by atoms with Crippen molar-refractivity contribution in [3.05, 3.63) is 11.8 Å². The highest BCUT2D eigenvalue weighted by molar-refractivity contribution is 5.64. The Bertz CT molecular complexity index is 215. The third kappa shape index (κ3) is 3.68. The van der Waals surface area contributed by atoms with Crippen molar-refractivity contribution in [2.24, 2.45) is 5.92 Å². The van der Waals surface area contributed by atoms with Gasteiger partial charge in [-0.2, -0.15) is 0 Å². The molecule has 1 aliphatic rings. The molecule has 1 amide bonds. The minimum Gasteiger partial charge on any atom is -0.504 e. The van der Waals surface area contributed by atoms with Gasteiger partial charge in [0.2, 0.25) is 0 Å². The zero-order chi connectivity index (χ0) is 10.4. The fourth-order valence-corrected chi connectivity index (χ4v) is 1.77. The maximum Gasteiger partial charge on any atom is 0.404 e. The van der Waals surface area contributed by atoms with Crippen LogP contribution in [0.25, 0.3) is 0 Å². The zero-order valence-electron chi connectivity index (χ0n) is 8.45. The van der Waals surface area contributed by atoms with Crippen molar-refractivity contribution in [1.82, 2.24) is 5.32 Å². The van der Waals surface area contributed by atoms with Gasteiger partial charge in [-0.3, -0.25) is 0 Å². The highest BCUT2D eigenvalue weighted by Gasteiger charge is 2.17. The molecule has 0 spiro atoms. The fraction of sp³-hybridized carbons (Fsp3) is 0.700. The molecule has 0 atom stereocenters. The average Bonchev–Trinajstić information content (AvgIpc) is 2.17. The molecule has 2 N–H and O–H groups in total. The molecule has 0 bridgehead atoms. The van der Waals surface area contributed by atoms with Gasteiger partial charge in [0.15, 0.2) is 0 Å². The molecule has 1 fully saturated rings. The van der Waals surface area contributed by atoms with E-state index in [1.165, 1.54) is 5.57 Å². The largest absolute Gasteiger partial charge is 0.504 e. The van der Waals surface area contributed by atoms with E-state index in [4.69, 9.17) is 9.84 Å². The van der Waals surface area contributed by atoms with Crippen molar-refractivity contribution in [3.8, 4) is 0 Å². The zero-order valence-corrected chi connectivity index (χ0v) is 8.45. The minimum absolute atomic E-state index is 0.486. The van der Waals surface area contributed by atoms with Gasteiger partial charge in [-0.1, -0.05) is 0 Å². The summed E-state index contributed by atoms with van der Waals surface area (Å²) in [5.41, 5.74) is 1.33. The monoisotopic (exact) mass is 199 g/mol. The van der Waals surface area contributed by atoms with E-state index in [0.29, 0.717) is 12.5 Å². The lowest BCUT2D eigenvalue weighted by Gasteiger charge is -2.23. The molecule has 1 aliphatic carbocycles. The maximum atomic E-state index is 10.3. The first-order valence-electron chi connectivity index (χ1n) is 4.90. The molecule has 1 saturated carbocycles. The quantitative estimate of drug-likeness (QED) is 0.683. The first kappa shape index (κ1) is 10.9. The second-order valence-corrected chi connectivity index (χ2v) is 3.64. The van der Waals surface area contributed by atoms with Crippen LogP contribution in [0.15, 0.2) is 11.8 Å². The van der Waals surface area contributed by atoms with Gasteiger partial charge < -0.3 is 15.2 Å². The molecular weight excluding hydrogens is 182 g/mol. The number of carbonyl (C=O) groups is 1. The SMILES string of the molecule is COC=C1CCC(CNC(=O)O)CC1. The highest BCUT2D eigenvalue weighted by Crippen LogP contribution is 2.27. The van der Waals surface area contributed by atoms with Crippen LogP contribution < -0.4 is 5.32 Å². The molecule has 4 nitrogen and oxygen atoms in total. The number of methoxy groups -OCH3 is 1. The van der Waals surface area contributed by atoms with E-state index in [9.17, 15) is 4.79 Å². The summed E-state index contributed by atoms with van der Waals surface area (Å²) < 4.78 is 4.94. The van der Waals surface area contributed by atoms with E-state index in [2.05, 4.69) is 5.32 Å². The van der Waals surface area contributed by atoms with E-state index in [1.807, 2.05) is 0 Å². The van der Waals surface area contributed by atoms with Crippen molar-refractivity contribution < 1.29 is 14.6 Å². The molecule has 0 unspecified atom stereocenters. The average molecular weight is 199 g/mol. The van der Waals surface area contributed by atoms with Gasteiger partial charge in [0.1, 0.15) is 0 Å². The van der Waals surface area contributed by atoms with Gasteiger partial charge in [-0.05, 0) is 37.2 Å². The van der Waals surface area contributed by atoms with Crippen LogP contribution in [-0.4, -0.2) is 24.9 Å². The summed E-state index contributed by atoms with van der Waals surface area (Å²) in [6.07, 6.45) is 5.04. The first-order chi connectivity index (χ1) is 6.72. The van der Waals surface area contributed by atoms with Gasteiger partial charge >= 0.3 is 6.09 Å². The molecule has 0 heterocycles. The fourth-order valence-electron chi connectivity index (χ4n) is 1.77. The van der Waals surface area contributed by atoms with Gasteiger partial charge in [0.25, 0.3) is 0 Å². The topological polar surface area (TPSA) is 58.6 Å². The standard InChI is InChI=1S/C10H17NO3/c1-14-7-9-4-2-8(3-5-9)6-11-10(12)13/h7-8,11H,2-6H2,1H3,(H,12,13). The Balaban J connectivity index is 2.22. The number of hydrogen-bond donors (Lipinski definition) is 2. The molecule has 0 aromatic heterocycles. The van der Waals surface area contributed by atoms with Crippen molar-refractivity contribution in [1.29, 1.82) is 0 Å². The predicted octanol–water partition coefficient (Wildman–Crippen LogP) is 1.97. The van der Waals surface area contributed by atoms with Gasteiger partial charge in [-0.15, -0.1) is 0 Å². The van der Waals surface area contributed by atoms with Crippen LogP contribution >= 0.6 is 0 Å². The normalized spacial score (nSPS) is 21.5. The van der Waals surface area contributed by atoms with Gasteiger partial charge in [-0.25, -0.2) is 4.79 Å². The van der Waals surface area contributed by atoms with Crippen LogP contribution in [0.4, 0.5) is 4.79 Å². The van der Waals surface area contributed by atoms with Crippen LogP contribution in [0.5, 0.6) is 0 Å². The second-order valence-electron chi connectivity index (χ2n) is 3.64. The number of amides is 1. The molecule has 1 rings (SSSR count). The molecule has 0 aliphatic heterocycles. The minimum atomic E-state index is -0.928. The van der Waals surface area contributed by atoms with Gasteiger partial charge in [0.05, 0.1) is 13.4 Å². The molecule has 80 valence electrons. The Morgan fingerprint density at radius 1 is 1.64 bits per heavy atom.